The molecule has 0 spiro atoms. The van der Waals surface area contributed by atoms with Crippen LogP contribution in [0.25, 0.3) is 10.9 Å². The fraction of sp³-hybridized carbons (Fsp3) is 0.333. The van der Waals surface area contributed by atoms with Crippen LogP contribution in [0.3, 0.4) is 0 Å². The molecular formula is C24H26N5O2+. The summed E-state index contributed by atoms with van der Waals surface area (Å²) >= 11 is 0. The van der Waals surface area contributed by atoms with E-state index < -0.39 is 0 Å². The van der Waals surface area contributed by atoms with E-state index in [1.807, 2.05) is 6.07 Å². The second kappa shape index (κ2) is 8.43. The number of carbonyl (C=O) groups is 1. The Hall–Kier alpha value is -3.32. The van der Waals surface area contributed by atoms with Gasteiger partial charge in [-0.2, -0.15) is 5.10 Å². The van der Waals surface area contributed by atoms with Gasteiger partial charge in [-0.05, 0) is 24.6 Å². The average molecular weight is 417 g/mol. The van der Waals surface area contributed by atoms with Crippen LogP contribution in [0.1, 0.15) is 41.0 Å². The molecule has 3 heterocycles. The molecule has 1 aromatic heterocycles. The number of amides is 1. The first-order valence-corrected chi connectivity index (χ1v) is 10.9. The lowest BCUT2D eigenvalue weighted by Crippen LogP contribution is -3.11. The summed E-state index contributed by atoms with van der Waals surface area (Å²) in [6, 6.07) is 15.6. The van der Waals surface area contributed by atoms with E-state index in [0.717, 1.165) is 63.4 Å². The SMILES string of the molecule is O=C(NN=C1CC[NH+](Cc2ccccc2)CC1)c1ccc2c(=O)n3c(nc2c1)CCC3. The van der Waals surface area contributed by atoms with Gasteiger partial charge >= 0.3 is 0 Å². The molecule has 0 bridgehead atoms. The van der Waals surface area contributed by atoms with Crippen molar-refractivity contribution < 1.29 is 9.69 Å². The van der Waals surface area contributed by atoms with Crippen LogP contribution in [0.2, 0.25) is 0 Å². The van der Waals surface area contributed by atoms with Gasteiger partial charge in [0.25, 0.3) is 11.5 Å². The first kappa shape index (κ1) is 19.6. The van der Waals surface area contributed by atoms with Crippen LogP contribution in [0.15, 0.2) is 58.4 Å². The lowest BCUT2D eigenvalue weighted by molar-refractivity contribution is -0.914. The highest BCUT2D eigenvalue weighted by Crippen LogP contribution is 2.16. The van der Waals surface area contributed by atoms with Crippen LogP contribution in [0.5, 0.6) is 0 Å². The van der Waals surface area contributed by atoms with Gasteiger partial charge < -0.3 is 4.90 Å². The molecule has 1 fully saturated rings. The average Bonchev–Trinajstić information content (AvgIpc) is 3.28. The van der Waals surface area contributed by atoms with Crippen LogP contribution >= 0.6 is 0 Å². The van der Waals surface area contributed by atoms with E-state index >= 15 is 0 Å². The zero-order valence-electron chi connectivity index (χ0n) is 17.4. The second-order valence-electron chi connectivity index (χ2n) is 8.35. The number of nitrogens with zero attached hydrogens (tertiary/aromatic N) is 3. The number of piperidine rings is 1. The largest absolute Gasteiger partial charge is 0.331 e. The van der Waals surface area contributed by atoms with Crippen LogP contribution in [-0.4, -0.2) is 34.3 Å². The number of carbonyl (C=O) groups excluding carboxylic acids is 1. The number of benzene rings is 2. The molecule has 5 rings (SSSR count). The monoisotopic (exact) mass is 416 g/mol. The number of hydrazone groups is 1. The number of aromatic nitrogens is 2. The van der Waals surface area contributed by atoms with Crippen molar-refractivity contribution in [2.75, 3.05) is 13.1 Å². The topological polar surface area (TPSA) is 80.8 Å². The van der Waals surface area contributed by atoms with Gasteiger partial charge in [0.15, 0.2) is 0 Å². The highest BCUT2D eigenvalue weighted by Gasteiger charge is 2.20. The molecule has 1 saturated heterocycles. The maximum absolute atomic E-state index is 12.6. The third-order valence-electron chi connectivity index (χ3n) is 6.23. The van der Waals surface area contributed by atoms with Crippen molar-refractivity contribution in [1.82, 2.24) is 15.0 Å². The lowest BCUT2D eigenvalue weighted by atomic mass is 10.1. The molecule has 0 saturated carbocycles. The molecule has 0 radical (unpaired) electrons. The Bertz CT molecular complexity index is 1210. The minimum absolute atomic E-state index is 0.0190. The number of hydrogen-bond donors (Lipinski definition) is 2. The molecule has 2 aromatic carbocycles. The van der Waals surface area contributed by atoms with Crippen LogP contribution in [-0.2, 0) is 19.5 Å². The fourth-order valence-electron chi connectivity index (χ4n) is 4.48. The molecule has 31 heavy (non-hydrogen) atoms. The fourth-order valence-corrected chi connectivity index (χ4v) is 4.48. The van der Waals surface area contributed by atoms with Crippen molar-refractivity contribution in [3.05, 3.63) is 75.8 Å². The van der Waals surface area contributed by atoms with E-state index in [0.29, 0.717) is 16.5 Å². The maximum atomic E-state index is 12.6. The van der Waals surface area contributed by atoms with Gasteiger partial charge in [0.05, 0.1) is 24.0 Å². The summed E-state index contributed by atoms with van der Waals surface area (Å²) in [7, 11) is 0. The molecule has 0 aliphatic carbocycles. The second-order valence-corrected chi connectivity index (χ2v) is 8.35. The predicted octanol–water partition coefficient (Wildman–Crippen LogP) is 1.31. The molecule has 0 atom stereocenters. The van der Waals surface area contributed by atoms with Gasteiger partial charge in [0, 0.05) is 42.6 Å². The maximum Gasteiger partial charge on any atom is 0.271 e. The summed E-state index contributed by atoms with van der Waals surface area (Å²) in [5, 5.41) is 4.93. The first-order valence-electron chi connectivity index (χ1n) is 10.9. The Labute approximate surface area is 180 Å². The van der Waals surface area contributed by atoms with E-state index in [2.05, 4.69) is 39.8 Å². The molecule has 0 unspecified atom stereocenters. The minimum Gasteiger partial charge on any atom is -0.331 e. The van der Waals surface area contributed by atoms with Crippen molar-refractivity contribution in [1.29, 1.82) is 0 Å². The van der Waals surface area contributed by atoms with E-state index in [1.54, 1.807) is 22.8 Å². The van der Waals surface area contributed by atoms with Gasteiger partial charge in [0.1, 0.15) is 12.4 Å². The summed E-state index contributed by atoms with van der Waals surface area (Å²) in [6.45, 7) is 3.77. The Morgan fingerprint density at radius 1 is 1.10 bits per heavy atom. The number of nitrogens with one attached hydrogen (secondary N) is 2. The number of fused-ring (bicyclic) bond motifs is 2. The van der Waals surface area contributed by atoms with Gasteiger partial charge in [-0.1, -0.05) is 30.3 Å². The van der Waals surface area contributed by atoms with Gasteiger partial charge in [-0.25, -0.2) is 10.4 Å². The van der Waals surface area contributed by atoms with Crippen molar-refractivity contribution in [3.63, 3.8) is 0 Å². The Morgan fingerprint density at radius 2 is 1.90 bits per heavy atom. The minimum atomic E-state index is -0.268. The molecule has 2 aliphatic rings. The molecule has 158 valence electrons. The summed E-state index contributed by atoms with van der Waals surface area (Å²) < 4.78 is 1.74. The number of rotatable bonds is 4. The smallest absolute Gasteiger partial charge is 0.271 e. The third kappa shape index (κ3) is 4.14. The third-order valence-corrected chi connectivity index (χ3v) is 6.23. The number of hydrogen-bond acceptors (Lipinski definition) is 4. The molecule has 3 aromatic rings. The molecule has 1 amide bonds. The predicted molar refractivity (Wildman–Crippen MR) is 119 cm³/mol. The Balaban J connectivity index is 1.22. The molecule has 7 nitrogen and oxygen atoms in total. The Kier molecular flexibility index (Phi) is 5.34. The number of quaternary nitrogens is 1. The zero-order chi connectivity index (χ0) is 21.2. The van der Waals surface area contributed by atoms with E-state index in [-0.39, 0.29) is 11.5 Å². The van der Waals surface area contributed by atoms with Crippen LogP contribution < -0.4 is 15.9 Å². The summed E-state index contributed by atoms with van der Waals surface area (Å²) in [4.78, 5) is 31.3. The molecular weight excluding hydrogens is 390 g/mol. The standard InChI is InChI=1S/C24H25N5O2/c30-23(18-8-9-20-21(15-18)25-22-7-4-12-29(22)24(20)31)27-26-19-10-13-28(14-11-19)16-17-5-2-1-3-6-17/h1-3,5-6,8-9,15H,4,7,10-14,16H2,(H,27,30)/p+1. The zero-order valence-corrected chi connectivity index (χ0v) is 17.4. The highest BCUT2D eigenvalue weighted by molar-refractivity contribution is 5.98. The van der Waals surface area contributed by atoms with Crippen molar-refractivity contribution in [3.8, 4) is 0 Å². The summed E-state index contributed by atoms with van der Waals surface area (Å²) in [5.41, 5.74) is 6.10. The van der Waals surface area contributed by atoms with Crippen molar-refractivity contribution in [2.24, 2.45) is 5.10 Å². The molecule has 2 N–H and O–H groups in total. The first-order chi connectivity index (χ1) is 15.2. The molecule has 7 heteroatoms. The lowest BCUT2D eigenvalue weighted by Gasteiger charge is -2.24. The van der Waals surface area contributed by atoms with Gasteiger partial charge in [0.2, 0.25) is 0 Å². The molecule has 2 aliphatic heterocycles. The van der Waals surface area contributed by atoms with Gasteiger partial charge in [-0.3, -0.25) is 14.2 Å². The normalized spacial score (nSPS) is 18.1. The van der Waals surface area contributed by atoms with Crippen LogP contribution in [0, 0.1) is 0 Å². The number of likely N-dealkylation sites (tertiary alicyclic amines) is 1. The van der Waals surface area contributed by atoms with Crippen molar-refractivity contribution in [2.45, 2.75) is 38.8 Å². The van der Waals surface area contributed by atoms with Crippen molar-refractivity contribution >= 4 is 22.5 Å². The summed E-state index contributed by atoms with van der Waals surface area (Å²) in [6.07, 6.45) is 3.50. The van der Waals surface area contributed by atoms with Gasteiger partial charge in [-0.15, -0.1) is 0 Å². The quantitative estimate of drug-likeness (QED) is 0.630. The summed E-state index contributed by atoms with van der Waals surface area (Å²) in [5.74, 6) is 0.538. The number of aryl methyl sites for hydroxylation is 1. The van der Waals surface area contributed by atoms with E-state index in [9.17, 15) is 9.59 Å². The van der Waals surface area contributed by atoms with E-state index in [4.69, 9.17) is 0 Å². The van der Waals surface area contributed by atoms with E-state index in [1.165, 1.54) is 10.5 Å². The highest BCUT2D eigenvalue weighted by atomic mass is 16.2. The van der Waals surface area contributed by atoms with Crippen LogP contribution in [0.4, 0.5) is 0 Å². The Morgan fingerprint density at radius 3 is 2.71 bits per heavy atom.